The van der Waals surface area contributed by atoms with Gasteiger partial charge >= 0.3 is 0 Å². The standard InChI is InChI=1S/C12H17N5/c1-9-3-5-17-11(7-9)14-12(15-17)16-6-4-13-10(2)8-16/h3,5,7,10,13H,4,6,8H2,1-2H3/t10-/m0/s1. The molecule has 3 rings (SSSR count). The van der Waals surface area contributed by atoms with Crippen LogP contribution < -0.4 is 10.2 Å². The van der Waals surface area contributed by atoms with Crippen molar-refractivity contribution in [1.82, 2.24) is 19.9 Å². The van der Waals surface area contributed by atoms with Crippen LogP contribution in [0.2, 0.25) is 0 Å². The van der Waals surface area contributed by atoms with E-state index in [1.54, 1.807) is 0 Å². The molecule has 3 heterocycles. The van der Waals surface area contributed by atoms with Gasteiger partial charge in [0.1, 0.15) is 0 Å². The highest BCUT2D eigenvalue weighted by Crippen LogP contribution is 2.13. The number of hydrogen-bond donors (Lipinski definition) is 1. The molecule has 1 aliphatic heterocycles. The molecule has 0 spiro atoms. The quantitative estimate of drug-likeness (QED) is 0.790. The molecule has 5 heteroatoms. The van der Waals surface area contributed by atoms with Crippen LogP contribution in [0.5, 0.6) is 0 Å². The smallest absolute Gasteiger partial charge is 0.245 e. The Labute approximate surface area is 100 Å². The third-order valence-electron chi connectivity index (χ3n) is 3.13. The summed E-state index contributed by atoms with van der Waals surface area (Å²) < 4.78 is 1.84. The van der Waals surface area contributed by atoms with E-state index in [1.165, 1.54) is 5.56 Å². The number of rotatable bonds is 1. The third-order valence-corrected chi connectivity index (χ3v) is 3.13. The third kappa shape index (κ3) is 1.98. The molecule has 1 saturated heterocycles. The number of aryl methyl sites for hydroxylation is 1. The highest BCUT2D eigenvalue weighted by atomic mass is 15.4. The van der Waals surface area contributed by atoms with E-state index in [0.717, 1.165) is 31.2 Å². The number of hydrogen-bond acceptors (Lipinski definition) is 4. The van der Waals surface area contributed by atoms with Crippen LogP contribution in [0.25, 0.3) is 5.65 Å². The lowest BCUT2D eigenvalue weighted by molar-refractivity contribution is 0.479. The maximum Gasteiger partial charge on any atom is 0.245 e. The van der Waals surface area contributed by atoms with Crippen LogP contribution in [0.15, 0.2) is 18.3 Å². The molecule has 0 aliphatic carbocycles. The van der Waals surface area contributed by atoms with E-state index in [4.69, 9.17) is 0 Å². The van der Waals surface area contributed by atoms with E-state index in [-0.39, 0.29) is 0 Å². The summed E-state index contributed by atoms with van der Waals surface area (Å²) in [7, 11) is 0. The molecule has 90 valence electrons. The molecular weight excluding hydrogens is 214 g/mol. The fourth-order valence-corrected chi connectivity index (χ4v) is 2.22. The van der Waals surface area contributed by atoms with Gasteiger partial charge in [-0.15, -0.1) is 5.10 Å². The van der Waals surface area contributed by atoms with Crippen molar-refractivity contribution in [2.24, 2.45) is 0 Å². The maximum atomic E-state index is 4.58. The number of anilines is 1. The highest BCUT2D eigenvalue weighted by Gasteiger charge is 2.19. The van der Waals surface area contributed by atoms with Crippen molar-refractivity contribution in [1.29, 1.82) is 0 Å². The van der Waals surface area contributed by atoms with Crippen molar-refractivity contribution < 1.29 is 0 Å². The molecule has 0 aromatic carbocycles. The van der Waals surface area contributed by atoms with Crippen molar-refractivity contribution in [3.63, 3.8) is 0 Å². The van der Waals surface area contributed by atoms with Gasteiger partial charge < -0.3 is 10.2 Å². The summed E-state index contributed by atoms with van der Waals surface area (Å²) in [6, 6.07) is 4.60. The van der Waals surface area contributed by atoms with Crippen LogP contribution in [0.1, 0.15) is 12.5 Å². The summed E-state index contributed by atoms with van der Waals surface area (Å²) in [5, 5.41) is 7.94. The summed E-state index contributed by atoms with van der Waals surface area (Å²) in [6.45, 7) is 7.19. The van der Waals surface area contributed by atoms with Gasteiger partial charge in [-0.05, 0) is 31.5 Å². The van der Waals surface area contributed by atoms with Gasteiger partial charge in [-0.25, -0.2) is 4.52 Å². The van der Waals surface area contributed by atoms with Gasteiger partial charge in [0.15, 0.2) is 5.65 Å². The van der Waals surface area contributed by atoms with Gasteiger partial charge in [0.05, 0.1) is 0 Å². The first-order valence-electron chi connectivity index (χ1n) is 6.04. The molecule has 0 radical (unpaired) electrons. The molecule has 17 heavy (non-hydrogen) atoms. The Balaban J connectivity index is 1.94. The molecule has 2 aromatic rings. The molecule has 1 fully saturated rings. The molecule has 1 aliphatic rings. The highest BCUT2D eigenvalue weighted by molar-refractivity contribution is 5.46. The Bertz CT molecular complexity index is 533. The fraction of sp³-hybridized carbons (Fsp3) is 0.500. The normalized spacial score (nSPS) is 21.1. The van der Waals surface area contributed by atoms with E-state index in [9.17, 15) is 0 Å². The van der Waals surface area contributed by atoms with Gasteiger partial charge in [-0.3, -0.25) is 0 Å². The van der Waals surface area contributed by atoms with Crippen LogP contribution in [-0.2, 0) is 0 Å². The van der Waals surface area contributed by atoms with Gasteiger partial charge in [-0.2, -0.15) is 4.98 Å². The van der Waals surface area contributed by atoms with Crippen LogP contribution in [0.4, 0.5) is 5.95 Å². The molecule has 0 saturated carbocycles. The predicted octanol–water partition coefficient (Wildman–Crippen LogP) is 0.836. The van der Waals surface area contributed by atoms with Crippen molar-refractivity contribution in [2.45, 2.75) is 19.9 Å². The summed E-state index contributed by atoms with van der Waals surface area (Å²) in [5.74, 6) is 0.837. The van der Waals surface area contributed by atoms with Crippen LogP contribution in [-0.4, -0.2) is 40.3 Å². The van der Waals surface area contributed by atoms with Gasteiger partial charge in [-0.1, -0.05) is 0 Å². The number of piperazine rings is 1. The molecule has 0 unspecified atom stereocenters. The first-order chi connectivity index (χ1) is 8.22. The first-order valence-corrected chi connectivity index (χ1v) is 6.04. The average molecular weight is 231 g/mol. The fourth-order valence-electron chi connectivity index (χ4n) is 2.22. The van der Waals surface area contributed by atoms with Crippen molar-refractivity contribution in [3.05, 3.63) is 23.9 Å². The molecule has 1 atom stereocenters. The second kappa shape index (κ2) is 4.00. The lowest BCUT2D eigenvalue weighted by Crippen LogP contribution is -2.49. The zero-order valence-electron chi connectivity index (χ0n) is 10.2. The predicted molar refractivity (Wildman–Crippen MR) is 67.4 cm³/mol. The van der Waals surface area contributed by atoms with Gasteiger partial charge in [0, 0.05) is 31.9 Å². The number of nitrogens with one attached hydrogen (secondary N) is 1. The molecule has 2 aromatic heterocycles. The maximum absolute atomic E-state index is 4.58. The van der Waals surface area contributed by atoms with Gasteiger partial charge in [0.2, 0.25) is 5.95 Å². The summed E-state index contributed by atoms with van der Waals surface area (Å²) >= 11 is 0. The van der Waals surface area contributed by atoms with E-state index in [0.29, 0.717) is 6.04 Å². The largest absolute Gasteiger partial charge is 0.337 e. The van der Waals surface area contributed by atoms with Crippen molar-refractivity contribution in [2.75, 3.05) is 24.5 Å². The van der Waals surface area contributed by atoms with Crippen LogP contribution in [0, 0.1) is 6.92 Å². The van der Waals surface area contributed by atoms with E-state index in [1.807, 2.05) is 16.8 Å². The summed E-state index contributed by atoms with van der Waals surface area (Å²) in [5.41, 5.74) is 2.14. The van der Waals surface area contributed by atoms with E-state index < -0.39 is 0 Å². The Kier molecular flexibility index (Phi) is 2.48. The Morgan fingerprint density at radius 3 is 3.18 bits per heavy atom. The molecule has 0 bridgehead atoms. The number of nitrogens with zero attached hydrogens (tertiary/aromatic N) is 4. The number of aromatic nitrogens is 3. The number of fused-ring (bicyclic) bond motifs is 1. The zero-order valence-corrected chi connectivity index (χ0v) is 10.2. The Morgan fingerprint density at radius 2 is 2.35 bits per heavy atom. The molecule has 5 nitrogen and oxygen atoms in total. The van der Waals surface area contributed by atoms with E-state index >= 15 is 0 Å². The lowest BCUT2D eigenvalue weighted by atomic mass is 10.2. The van der Waals surface area contributed by atoms with Crippen molar-refractivity contribution in [3.8, 4) is 0 Å². The Hall–Kier alpha value is -1.62. The topological polar surface area (TPSA) is 45.5 Å². The number of pyridine rings is 1. The van der Waals surface area contributed by atoms with Crippen LogP contribution in [0.3, 0.4) is 0 Å². The van der Waals surface area contributed by atoms with Gasteiger partial charge in [0.25, 0.3) is 0 Å². The lowest BCUT2D eigenvalue weighted by Gasteiger charge is -2.30. The van der Waals surface area contributed by atoms with E-state index in [2.05, 4.69) is 40.2 Å². The second-order valence-corrected chi connectivity index (χ2v) is 4.72. The zero-order chi connectivity index (χ0) is 11.8. The minimum atomic E-state index is 0.497. The SMILES string of the molecule is Cc1ccn2nc(N3CCN[C@@H](C)C3)nc2c1. The Morgan fingerprint density at radius 1 is 1.47 bits per heavy atom. The molecule has 0 amide bonds. The van der Waals surface area contributed by atoms with Crippen LogP contribution >= 0.6 is 0 Å². The average Bonchev–Trinajstić information content (AvgIpc) is 2.72. The first kappa shape index (κ1) is 10.5. The second-order valence-electron chi connectivity index (χ2n) is 4.72. The minimum Gasteiger partial charge on any atom is -0.337 e. The molecule has 1 N–H and O–H groups in total. The summed E-state index contributed by atoms with van der Waals surface area (Å²) in [6.07, 6.45) is 1.97. The minimum absolute atomic E-state index is 0.497. The summed E-state index contributed by atoms with van der Waals surface area (Å²) in [4.78, 5) is 6.82. The molecular formula is C12H17N5. The monoisotopic (exact) mass is 231 g/mol. The van der Waals surface area contributed by atoms with Crippen molar-refractivity contribution >= 4 is 11.6 Å².